The molecule has 1 unspecified atom stereocenters. The Bertz CT molecular complexity index is 458. The van der Waals surface area contributed by atoms with Crippen molar-refractivity contribution in [2.45, 2.75) is 19.4 Å². The molecule has 18 heavy (non-hydrogen) atoms. The summed E-state index contributed by atoms with van der Waals surface area (Å²) in [6.45, 7) is 3.26. The molecule has 1 aliphatic rings. The number of carbonyl (C=O) groups excluding carboxylic acids is 1. The number of benzene rings is 1. The fraction of sp³-hybridized carbons (Fsp3) is 0.417. The summed E-state index contributed by atoms with van der Waals surface area (Å²) in [5.74, 6) is -0.687. The highest BCUT2D eigenvalue weighted by Crippen LogP contribution is 2.31. The second-order valence-corrected chi connectivity index (χ2v) is 4.93. The van der Waals surface area contributed by atoms with Gasteiger partial charge < -0.3 is 10.2 Å². The van der Waals surface area contributed by atoms with Gasteiger partial charge in [0, 0.05) is 12.2 Å². The van der Waals surface area contributed by atoms with Crippen LogP contribution in [0.3, 0.4) is 0 Å². The number of rotatable bonds is 3. The molecule has 0 spiro atoms. The maximum Gasteiger partial charge on any atom is 0.244 e. The van der Waals surface area contributed by atoms with Crippen LogP contribution in [0.15, 0.2) is 12.1 Å². The number of likely N-dealkylation sites (N-methyl/N-ethyl adjacent to an activating group) is 1. The molecular formula is C12H13Cl2FN2O. The van der Waals surface area contributed by atoms with Crippen LogP contribution in [-0.4, -0.2) is 25.0 Å². The molecule has 3 nitrogen and oxygen atoms in total. The maximum atomic E-state index is 13.3. The van der Waals surface area contributed by atoms with Crippen molar-refractivity contribution in [3.8, 4) is 0 Å². The molecule has 2 rings (SSSR count). The molecule has 0 radical (unpaired) electrons. The summed E-state index contributed by atoms with van der Waals surface area (Å²) in [7, 11) is 0. The van der Waals surface area contributed by atoms with E-state index in [1.807, 2.05) is 6.92 Å². The summed E-state index contributed by atoms with van der Waals surface area (Å²) in [5.41, 5.74) is 0.539. The van der Waals surface area contributed by atoms with Crippen LogP contribution in [0, 0.1) is 5.82 Å². The smallest absolute Gasteiger partial charge is 0.244 e. The van der Waals surface area contributed by atoms with E-state index in [0.29, 0.717) is 12.2 Å². The summed E-state index contributed by atoms with van der Waals surface area (Å²) in [4.78, 5) is 13.7. The van der Waals surface area contributed by atoms with Crippen molar-refractivity contribution in [1.29, 1.82) is 0 Å². The van der Waals surface area contributed by atoms with Gasteiger partial charge in [0.25, 0.3) is 0 Å². The third kappa shape index (κ3) is 2.46. The van der Waals surface area contributed by atoms with Crippen molar-refractivity contribution < 1.29 is 9.18 Å². The van der Waals surface area contributed by atoms with Gasteiger partial charge in [0.1, 0.15) is 0 Å². The van der Waals surface area contributed by atoms with Crippen molar-refractivity contribution in [2.75, 3.05) is 18.0 Å². The molecule has 1 N–H and O–H groups in total. The number of anilines is 1. The largest absolute Gasteiger partial charge is 0.311 e. The topological polar surface area (TPSA) is 32.3 Å². The number of hydrogen-bond acceptors (Lipinski definition) is 2. The Hall–Kier alpha value is -0.840. The second-order valence-electron chi connectivity index (χ2n) is 4.11. The van der Waals surface area contributed by atoms with E-state index >= 15 is 0 Å². The van der Waals surface area contributed by atoms with Crippen LogP contribution in [0.1, 0.15) is 13.3 Å². The lowest BCUT2D eigenvalue weighted by molar-refractivity contribution is -0.118. The fourth-order valence-electron chi connectivity index (χ4n) is 2.07. The summed E-state index contributed by atoms with van der Waals surface area (Å²) in [5, 5.41) is 2.96. The zero-order valence-corrected chi connectivity index (χ0v) is 11.4. The molecule has 0 aromatic heterocycles. The molecule has 1 saturated heterocycles. The van der Waals surface area contributed by atoms with E-state index < -0.39 is 5.82 Å². The molecular weight excluding hydrogens is 278 g/mol. The first-order chi connectivity index (χ1) is 8.54. The van der Waals surface area contributed by atoms with Gasteiger partial charge >= 0.3 is 0 Å². The summed E-state index contributed by atoms with van der Waals surface area (Å²) in [6.07, 6.45) is 0.722. The predicted molar refractivity (Wildman–Crippen MR) is 70.9 cm³/mol. The molecule has 1 fully saturated rings. The van der Waals surface area contributed by atoms with Crippen LogP contribution < -0.4 is 10.2 Å². The minimum absolute atomic E-state index is 0.0319. The Morgan fingerprint density at radius 3 is 2.61 bits per heavy atom. The molecule has 1 aromatic rings. The minimum atomic E-state index is -0.656. The Morgan fingerprint density at radius 2 is 2.06 bits per heavy atom. The Kier molecular flexibility index (Phi) is 4.10. The highest BCUT2D eigenvalue weighted by molar-refractivity contribution is 6.35. The number of nitrogens with one attached hydrogen (secondary N) is 1. The van der Waals surface area contributed by atoms with Gasteiger partial charge in [-0.3, -0.25) is 4.79 Å². The molecule has 1 aromatic carbocycles. The van der Waals surface area contributed by atoms with Crippen LogP contribution in [0.2, 0.25) is 10.0 Å². The van der Waals surface area contributed by atoms with E-state index in [0.717, 1.165) is 13.0 Å². The van der Waals surface area contributed by atoms with Crippen LogP contribution in [0.25, 0.3) is 0 Å². The average Bonchev–Trinajstić information content (AvgIpc) is 2.68. The lowest BCUT2D eigenvalue weighted by Gasteiger charge is -2.18. The monoisotopic (exact) mass is 290 g/mol. The molecule has 98 valence electrons. The van der Waals surface area contributed by atoms with Gasteiger partial charge in [0.2, 0.25) is 5.91 Å². The zero-order chi connectivity index (χ0) is 13.3. The summed E-state index contributed by atoms with van der Waals surface area (Å²) in [6, 6.07) is 2.67. The Labute approximate surface area is 115 Å². The van der Waals surface area contributed by atoms with Crippen LogP contribution in [0.4, 0.5) is 10.1 Å². The number of carbonyl (C=O) groups is 1. The fourth-order valence-corrected chi connectivity index (χ4v) is 2.55. The lowest BCUT2D eigenvalue weighted by atomic mass is 10.2. The van der Waals surface area contributed by atoms with Crippen molar-refractivity contribution in [3.63, 3.8) is 0 Å². The van der Waals surface area contributed by atoms with Crippen LogP contribution >= 0.6 is 23.2 Å². The quantitative estimate of drug-likeness (QED) is 0.869. The zero-order valence-electron chi connectivity index (χ0n) is 9.84. The van der Waals surface area contributed by atoms with Gasteiger partial charge in [0.05, 0.1) is 16.1 Å². The van der Waals surface area contributed by atoms with Crippen molar-refractivity contribution in [1.82, 2.24) is 5.32 Å². The highest BCUT2D eigenvalue weighted by atomic mass is 35.5. The van der Waals surface area contributed by atoms with Gasteiger partial charge in [-0.15, -0.1) is 0 Å². The molecule has 1 atom stereocenters. The molecule has 1 amide bonds. The third-order valence-corrected chi connectivity index (χ3v) is 3.49. The Morgan fingerprint density at radius 1 is 1.44 bits per heavy atom. The van der Waals surface area contributed by atoms with Gasteiger partial charge in [-0.25, -0.2) is 4.39 Å². The molecule has 1 aliphatic heterocycles. The van der Waals surface area contributed by atoms with E-state index in [1.165, 1.54) is 12.1 Å². The van der Waals surface area contributed by atoms with Gasteiger partial charge in [-0.05, 0) is 25.1 Å². The third-order valence-electron chi connectivity index (χ3n) is 2.94. The SMILES string of the molecule is CCNC1CCN(c2cc(Cl)c(F)c(Cl)c2)C1=O. The van der Waals surface area contributed by atoms with E-state index in [1.54, 1.807) is 4.90 Å². The van der Waals surface area contributed by atoms with E-state index in [4.69, 9.17) is 23.2 Å². The van der Waals surface area contributed by atoms with Crippen LogP contribution in [0.5, 0.6) is 0 Å². The Balaban J connectivity index is 2.26. The van der Waals surface area contributed by atoms with Gasteiger partial charge in [0.15, 0.2) is 5.82 Å². The standard InChI is InChI=1S/C12H13Cl2FN2O/c1-2-16-10-3-4-17(12(10)18)7-5-8(13)11(15)9(14)6-7/h5-6,10,16H,2-4H2,1H3. The van der Waals surface area contributed by atoms with Gasteiger partial charge in [-0.2, -0.15) is 0 Å². The maximum absolute atomic E-state index is 13.3. The first kappa shape index (κ1) is 13.6. The van der Waals surface area contributed by atoms with Crippen molar-refractivity contribution in [2.24, 2.45) is 0 Å². The summed E-state index contributed by atoms with van der Waals surface area (Å²) >= 11 is 11.5. The molecule has 0 bridgehead atoms. The average molecular weight is 291 g/mol. The first-order valence-electron chi connectivity index (χ1n) is 5.74. The second kappa shape index (κ2) is 5.43. The molecule has 6 heteroatoms. The normalized spacial score (nSPS) is 19.7. The van der Waals surface area contributed by atoms with Crippen LogP contribution in [-0.2, 0) is 4.79 Å². The van der Waals surface area contributed by atoms with Crippen molar-refractivity contribution in [3.05, 3.63) is 28.0 Å². The number of nitrogens with zero attached hydrogens (tertiary/aromatic N) is 1. The molecule has 0 saturated carbocycles. The first-order valence-corrected chi connectivity index (χ1v) is 6.49. The predicted octanol–water partition coefficient (Wildman–Crippen LogP) is 2.85. The number of amides is 1. The lowest BCUT2D eigenvalue weighted by Crippen LogP contribution is -2.38. The molecule has 0 aliphatic carbocycles. The molecule has 1 heterocycles. The number of hydrogen-bond donors (Lipinski definition) is 1. The summed E-state index contributed by atoms with van der Waals surface area (Å²) < 4.78 is 13.3. The highest BCUT2D eigenvalue weighted by Gasteiger charge is 2.32. The van der Waals surface area contributed by atoms with E-state index in [2.05, 4.69) is 5.32 Å². The van der Waals surface area contributed by atoms with E-state index in [-0.39, 0.29) is 22.0 Å². The number of halogens is 3. The van der Waals surface area contributed by atoms with Gasteiger partial charge in [-0.1, -0.05) is 30.1 Å². The minimum Gasteiger partial charge on any atom is -0.311 e. The van der Waals surface area contributed by atoms with Crippen molar-refractivity contribution >= 4 is 34.8 Å². The van der Waals surface area contributed by atoms with E-state index in [9.17, 15) is 9.18 Å².